The van der Waals surface area contributed by atoms with Crippen LogP contribution >= 0.6 is 0 Å². The van der Waals surface area contributed by atoms with E-state index in [4.69, 9.17) is 9.47 Å². The number of fused-ring (bicyclic) bond motifs is 3. The molecule has 166 valence electrons. The lowest BCUT2D eigenvalue weighted by molar-refractivity contribution is -0.145. The average Bonchev–Trinajstić information content (AvgIpc) is 3.18. The van der Waals surface area contributed by atoms with Gasteiger partial charge in [0, 0.05) is 12.3 Å². The molecule has 1 amide bonds. The summed E-state index contributed by atoms with van der Waals surface area (Å²) < 4.78 is 10.7. The van der Waals surface area contributed by atoms with E-state index in [0.29, 0.717) is 0 Å². The minimum atomic E-state index is -0.843. The van der Waals surface area contributed by atoms with Crippen LogP contribution in [0.15, 0.2) is 78.9 Å². The number of benzene rings is 3. The van der Waals surface area contributed by atoms with Gasteiger partial charge in [-0.05, 0) is 34.2 Å². The van der Waals surface area contributed by atoms with Crippen LogP contribution in [0.1, 0.15) is 35.4 Å². The number of hydrogen-bond acceptors (Lipinski definition) is 5. The molecule has 33 heavy (non-hydrogen) atoms. The molecule has 1 aliphatic rings. The average molecular weight is 440 g/mol. The zero-order chi connectivity index (χ0) is 23.0. The third-order valence-corrected chi connectivity index (χ3v) is 5.67. The maximum Gasteiger partial charge on any atom is 0.408 e. The Balaban J connectivity index is 1.26. The SMILES string of the molecule is N#CC(CCC(=O)OCc1ccccc1)NC(=O)OCC1c2ccccc2-c2ccccc21. The molecular formula is C27H24N2O4. The van der Waals surface area contributed by atoms with Crippen LogP contribution in [-0.4, -0.2) is 24.7 Å². The highest BCUT2D eigenvalue weighted by Crippen LogP contribution is 2.44. The summed E-state index contributed by atoms with van der Waals surface area (Å²) in [5, 5.41) is 11.9. The van der Waals surface area contributed by atoms with Crippen molar-refractivity contribution < 1.29 is 19.1 Å². The van der Waals surface area contributed by atoms with Crippen LogP contribution in [0.2, 0.25) is 0 Å². The number of nitrogens with zero attached hydrogens (tertiary/aromatic N) is 1. The van der Waals surface area contributed by atoms with E-state index in [1.165, 1.54) is 0 Å². The quantitative estimate of drug-likeness (QED) is 0.501. The van der Waals surface area contributed by atoms with Crippen molar-refractivity contribution in [3.05, 3.63) is 95.6 Å². The number of hydrogen-bond donors (Lipinski definition) is 1. The van der Waals surface area contributed by atoms with E-state index in [1.54, 1.807) is 0 Å². The lowest BCUT2D eigenvalue weighted by Crippen LogP contribution is -2.35. The predicted molar refractivity (Wildman–Crippen MR) is 123 cm³/mol. The highest BCUT2D eigenvalue weighted by molar-refractivity contribution is 5.79. The number of carbonyl (C=O) groups is 2. The highest BCUT2D eigenvalue weighted by Gasteiger charge is 2.29. The molecule has 6 nitrogen and oxygen atoms in total. The minimum Gasteiger partial charge on any atom is -0.461 e. The van der Waals surface area contributed by atoms with Gasteiger partial charge in [-0.1, -0.05) is 78.9 Å². The number of nitrogens with one attached hydrogen (secondary N) is 1. The van der Waals surface area contributed by atoms with Crippen LogP contribution in [0.25, 0.3) is 11.1 Å². The molecule has 0 saturated heterocycles. The first-order valence-electron chi connectivity index (χ1n) is 10.9. The summed E-state index contributed by atoms with van der Waals surface area (Å²) in [6, 6.07) is 26.7. The first kappa shape index (κ1) is 22.1. The van der Waals surface area contributed by atoms with Crippen LogP contribution in [0.5, 0.6) is 0 Å². The van der Waals surface area contributed by atoms with Gasteiger partial charge in [-0.3, -0.25) is 4.79 Å². The van der Waals surface area contributed by atoms with E-state index in [-0.39, 0.29) is 32.0 Å². The van der Waals surface area contributed by atoms with Crippen molar-refractivity contribution in [1.29, 1.82) is 5.26 Å². The normalized spacial score (nSPS) is 12.7. The smallest absolute Gasteiger partial charge is 0.408 e. The zero-order valence-electron chi connectivity index (χ0n) is 18.1. The summed E-state index contributed by atoms with van der Waals surface area (Å²) in [5.74, 6) is -0.481. The van der Waals surface area contributed by atoms with E-state index in [1.807, 2.05) is 72.8 Å². The lowest BCUT2D eigenvalue weighted by atomic mass is 9.98. The molecule has 0 aliphatic heterocycles. The Kier molecular flexibility index (Phi) is 7.01. The standard InChI is InChI=1S/C27H24N2O4/c28-16-20(14-15-26(30)32-17-19-8-2-1-3-9-19)29-27(31)33-18-25-23-12-6-4-10-21(23)22-11-5-7-13-24(22)25/h1-13,20,25H,14-15,17-18H2,(H,29,31). The third-order valence-electron chi connectivity index (χ3n) is 5.67. The molecule has 3 aromatic rings. The number of esters is 1. The van der Waals surface area contributed by atoms with E-state index >= 15 is 0 Å². The number of carbonyl (C=O) groups excluding carboxylic acids is 2. The van der Waals surface area contributed by atoms with Gasteiger partial charge < -0.3 is 14.8 Å². The van der Waals surface area contributed by atoms with Crippen molar-refractivity contribution in [3.63, 3.8) is 0 Å². The van der Waals surface area contributed by atoms with Gasteiger partial charge in [0.2, 0.25) is 0 Å². The molecular weight excluding hydrogens is 416 g/mol. The van der Waals surface area contributed by atoms with Gasteiger partial charge in [0.15, 0.2) is 0 Å². The number of ether oxygens (including phenoxy) is 2. The van der Waals surface area contributed by atoms with E-state index in [9.17, 15) is 14.9 Å². The second-order valence-electron chi connectivity index (χ2n) is 7.84. The molecule has 1 aliphatic carbocycles. The van der Waals surface area contributed by atoms with Gasteiger partial charge in [-0.25, -0.2) is 4.79 Å². The molecule has 6 heteroatoms. The maximum atomic E-state index is 12.3. The molecule has 1 unspecified atom stereocenters. The topological polar surface area (TPSA) is 88.4 Å². The number of nitriles is 1. The molecule has 0 spiro atoms. The largest absolute Gasteiger partial charge is 0.461 e. The minimum absolute atomic E-state index is 0.0225. The van der Waals surface area contributed by atoms with Crippen molar-refractivity contribution in [2.45, 2.75) is 31.4 Å². The summed E-state index contributed by atoms with van der Waals surface area (Å²) in [4.78, 5) is 24.3. The Morgan fingerprint density at radius 1 is 0.879 bits per heavy atom. The van der Waals surface area contributed by atoms with Crippen molar-refractivity contribution in [2.75, 3.05) is 6.61 Å². The molecule has 4 rings (SSSR count). The molecule has 0 heterocycles. The van der Waals surface area contributed by atoms with Gasteiger partial charge in [-0.15, -0.1) is 0 Å². The molecule has 3 aromatic carbocycles. The Morgan fingerprint density at radius 2 is 1.48 bits per heavy atom. The molecule has 0 bridgehead atoms. The molecule has 0 radical (unpaired) electrons. The zero-order valence-corrected chi connectivity index (χ0v) is 18.1. The monoisotopic (exact) mass is 440 g/mol. The van der Waals surface area contributed by atoms with Gasteiger partial charge in [-0.2, -0.15) is 5.26 Å². The van der Waals surface area contributed by atoms with Crippen molar-refractivity contribution in [3.8, 4) is 17.2 Å². The summed E-state index contributed by atoms with van der Waals surface area (Å²) in [5.41, 5.74) is 5.41. The van der Waals surface area contributed by atoms with Crippen LogP contribution in [0.4, 0.5) is 4.79 Å². The Labute approximate surface area is 192 Å². The fraction of sp³-hybridized carbons (Fsp3) is 0.222. The first-order valence-corrected chi connectivity index (χ1v) is 10.9. The fourth-order valence-corrected chi connectivity index (χ4v) is 4.02. The van der Waals surface area contributed by atoms with Crippen molar-refractivity contribution in [1.82, 2.24) is 5.32 Å². The second-order valence-corrected chi connectivity index (χ2v) is 7.84. The Bertz CT molecular complexity index is 1120. The molecule has 0 aromatic heterocycles. The summed E-state index contributed by atoms with van der Waals surface area (Å²) in [6.07, 6.45) is -0.510. The summed E-state index contributed by atoms with van der Waals surface area (Å²) in [7, 11) is 0. The van der Waals surface area contributed by atoms with Crippen LogP contribution in [-0.2, 0) is 20.9 Å². The van der Waals surface area contributed by atoms with E-state index in [2.05, 4.69) is 17.4 Å². The number of amides is 1. The summed E-state index contributed by atoms with van der Waals surface area (Å²) >= 11 is 0. The van der Waals surface area contributed by atoms with Crippen molar-refractivity contribution >= 4 is 12.1 Å². The molecule has 0 fully saturated rings. The van der Waals surface area contributed by atoms with E-state index < -0.39 is 18.1 Å². The fourth-order valence-electron chi connectivity index (χ4n) is 4.02. The van der Waals surface area contributed by atoms with Crippen molar-refractivity contribution in [2.24, 2.45) is 0 Å². The van der Waals surface area contributed by atoms with Gasteiger partial charge >= 0.3 is 12.1 Å². The van der Waals surface area contributed by atoms with Crippen LogP contribution < -0.4 is 5.32 Å². The molecule has 0 saturated carbocycles. The number of alkyl carbamates (subject to hydrolysis) is 1. The molecule has 1 N–H and O–H groups in total. The Hall–Kier alpha value is -4.11. The van der Waals surface area contributed by atoms with Gasteiger partial charge in [0.05, 0.1) is 6.07 Å². The van der Waals surface area contributed by atoms with Crippen LogP contribution in [0, 0.1) is 11.3 Å². The van der Waals surface area contributed by atoms with Crippen LogP contribution in [0.3, 0.4) is 0 Å². The molecule has 1 atom stereocenters. The highest BCUT2D eigenvalue weighted by atomic mass is 16.5. The van der Waals surface area contributed by atoms with Gasteiger partial charge in [0.1, 0.15) is 19.3 Å². The lowest BCUT2D eigenvalue weighted by Gasteiger charge is -2.16. The summed E-state index contributed by atoms with van der Waals surface area (Å²) in [6.45, 7) is 0.341. The number of rotatable bonds is 8. The third kappa shape index (κ3) is 5.39. The predicted octanol–water partition coefficient (Wildman–Crippen LogP) is 4.94. The first-order chi connectivity index (χ1) is 16.2. The maximum absolute atomic E-state index is 12.3. The second kappa shape index (κ2) is 10.5. The Morgan fingerprint density at radius 3 is 2.12 bits per heavy atom. The van der Waals surface area contributed by atoms with Gasteiger partial charge in [0.25, 0.3) is 0 Å². The van der Waals surface area contributed by atoms with E-state index in [0.717, 1.165) is 27.8 Å².